The average molecular weight is 455 g/mol. The van der Waals surface area contributed by atoms with E-state index in [4.69, 9.17) is 10.1 Å². The number of imidazole rings is 1. The number of fused-ring (bicyclic) bond motifs is 1. The summed E-state index contributed by atoms with van der Waals surface area (Å²) in [5.74, 6) is -0.536. The molecule has 0 amide bonds. The van der Waals surface area contributed by atoms with E-state index >= 15 is 0 Å². The Morgan fingerprint density at radius 3 is 2.96 bits per heavy atom. The Balaban J connectivity index is 1.96. The van der Waals surface area contributed by atoms with E-state index in [1.807, 2.05) is 4.57 Å². The number of aromatic nitrogens is 2. The molecule has 3 rings (SSSR count). The van der Waals surface area contributed by atoms with Crippen molar-refractivity contribution >= 4 is 27.6 Å². The molecule has 1 unspecified atom stereocenters. The van der Waals surface area contributed by atoms with Gasteiger partial charge in [-0.1, -0.05) is 15.9 Å². The summed E-state index contributed by atoms with van der Waals surface area (Å²) in [4.78, 5) is 16.9. The first kappa shape index (κ1) is 20.4. The lowest BCUT2D eigenvalue weighted by Crippen LogP contribution is -2.29. The molecule has 28 heavy (non-hydrogen) atoms. The van der Waals surface area contributed by atoms with Crippen molar-refractivity contribution in [1.29, 1.82) is 5.41 Å². The van der Waals surface area contributed by atoms with Gasteiger partial charge in [0.1, 0.15) is 0 Å². The highest BCUT2D eigenvalue weighted by Crippen LogP contribution is 2.33. The topological polar surface area (TPSA) is 80.0 Å². The maximum Gasteiger partial charge on any atom is 0.334 e. The minimum Gasteiger partial charge on any atom is -0.464 e. The van der Waals surface area contributed by atoms with Crippen LogP contribution in [0, 0.1) is 5.41 Å². The number of nitrogens with one attached hydrogen (secondary N) is 2. The maximum absolute atomic E-state index is 13.5. The monoisotopic (exact) mass is 454 g/mol. The zero-order valence-electron chi connectivity index (χ0n) is 15.6. The molecule has 9 heteroatoms. The highest BCUT2D eigenvalue weighted by atomic mass is 79.9. The Morgan fingerprint density at radius 2 is 2.29 bits per heavy atom. The molecule has 0 spiro atoms. The lowest BCUT2D eigenvalue weighted by Gasteiger charge is -2.21. The van der Waals surface area contributed by atoms with Crippen molar-refractivity contribution in [3.05, 3.63) is 51.2 Å². The molecule has 1 aliphatic heterocycles. The summed E-state index contributed by atoms with van der Waals surface area (Å²) in [6.07, 6.45) is 3.27. The number of ether oxygens (including phenoxy) is 1. The number of rotatable bonds is 6. The first-order valence-electron chi connectivity index (χ1n) is 8.97. The fraction of sp³-hybridized carbons (Fsp3) is 0.421. The summed E-state index contributed by atoms with van der Waals surface area (Å²) in [5, 5.41) is 11.1. The second-order valence-electron chi connectivity index (χ2n) is 6.53. The number of esters is 1. The number of allylic oxidation sites excluding steroid dienone is 5. The molecule has 0 saturated carbocycles. The first-order valence-corrected chi connectivity index (χ1v) is 9.77. The number of alkyl halides is 2. The van der Waals surface area contributed by atoms with Crippen molar-refractivity contribution in [1.82, 2.24) is 14.9 Å². The van der Waals surface area contributed by atoms with Crippen LogP contribution < -0.4 is 5.32 Å². The standard InChI is InChI=1S/C19H21BrF2N4O2/c1-3-28-19(27)17(16-14-5-4-6-26(14)9-25-16)24-8-12-11(18(21)22)7-13(20)10(2)15(12)23/h7-9,17-18,23-24H,3-6H2,1-2H3/b12-8-,23-15?. The van der Waals surface area contributed by atoms with Gasteiger partial charge in [-0.15, -0.1) is 0 Å². The lowest BCUT2D eigenvalue weighted by atomic mass is 9.92. The zero-order valence-corrected chi connectivity index (χ0v) is 17.1. The molecule has 0 fully saturated rings. The molecule has 0 saturated heterocycles. The Hall–Kier alpha value is -2.29. The predicted octanol–water partition coefficient (Wildman–Crippen LogP) is 3.80. The minimum absolute atomic E-state index is 0.0325. The van der Waals surface area contributed by atoms with E-state index in [2.05, 4.69) is 26.2 Å². The molecule has 2 N–H and O–H groups in total. The summed E-state index contributed by atoms with van der Waals surface area (Å²) in [7, 11) is 0. The van der Waals surface area contributed by atoms with Crippen molar-refractivity contribution in [2.75, 3.05) is 6.61 Å². The predicted molar refractivity (Wildman–Crippen MR) is 105 cm³/mol. The largest absolute Gasteiger partial charge is 0.464 e. The Morgan fingerprint density at radius 1 is 1.54 bits per heavy atom. The second-order valence-corrected chi connectivity index (χ2v) is 7.39. The van der Waals surface area contributed by atoms with E-state index in [0.29, 0.717) is 15.7 Å². The van der Waals surface area contributed by atoms with Crippen molar-refractivity contribution < 1.29 is 18.3 Å². The van der Waals surface area contributed by atoms with Crippen molar-refractivity contribution in [2.45, 2.75) is 45.7 Å². The van der Waals surface area contributed by atoms with Crippen LogP contribution in [0.15, 0.2) is 39.8 Å². The summed E-state index contributed by atoms with van der Waals surface area (Å²) in [5.41, 5.74) is 1.73. The molecule has 1 aromatic heterocycles. The van der Waals surface area contributed by atoms with Crippen LogP contribution in [-0.4, -0.2) is 34.3 Å². The number of hydrogen-bond acceptors (Lipinski definition) is 5. The number of aryl methyl sites for hydroxylation is 1. The van der Waals surface area contributed by atoms with Gasteiger partial charge in [-0.25, -0.2) is 18.6 Å². The van der Waals surface area contributed by atoms with Crippen LogP contribution in [-0.2, 0) is 22.5 Å². The van der Waals surface area contributed by atoms with Crippen LogP contribution in [0.3, 0.4) is 0 Å². The van der Waals surface area contributed by atoms with Gasteiger partial charge in [0.25, 0.3) is 6.43 Å². The number of carbonyl (C=O) groups excluding carboxylic acids is 1. The summed E-state index contributed by atoms with van der Waals surface area (Å²) < 4.78 is 34.6. The van der Waals surface area contributed by atoms with Crippen molar-refractivity contribution in [3.8, 4) is 0 Å². The third-order valence-corrected chi connectivity index (χ3v) is 5.64. The molecular formula is C19H21BrF2N4O2. The molecule has 0 bridgehead atoms. The summed E-state index contributed by atoms with van der Waals surface area (Å²) in [6.45, 7) is 4.39. The summed E-state index contributed by atoms with van der Waals surface area (Å²) in [6, 6.07) is -0.928. The molecular weight excluding hydrogens is 434 g/mol. The van der Waals surface area contributed by atoms with Gasteiger partial charge in [0.15, 0.2) is 6.04 Å². The van der Waals surface area contributed by atoms with Crippen LogP contribution in [0.25, 0.3) is 0 Å². The van der Waals surface area contributed by atoms with Crippen LogP contribution in [0.5, 0.6) is 0 Å². The second kappa shape index (κ2) is 8.38. The van der Waals surface area contributed by atoms with Gasteiger partial charge in [-0.05, 0) is 38.3 Å². The SMILES string of the molecule is CCOC(=O)C(N/C=C1\C(=N)C(C)=C(Br)C=C1C(F)F)c1ncn2c1CCC2. The number of carbonyl (C=O) groups is 1. The maximum atomic E-state index is 13.5. The molecule has 1 atom stereocenters. The molecule has 2 heterocycles. The van der Waals surface area contributed by atoms with E-state index in [0.717, 1.165) is 25.1 Å². The van der Waals surface area contributed by atoms with E-state index in [1.165, 1.54) is 12.3 Å². The highest BCUT2D eigenvalue weighted by molar-refractivity contribution is 9.12. The Labute approximate surface area is 170 Å². The van der Waals surface area contributed by atoms with E-state index < -0.39 is 18.4 Å². The molecule has 0 radical (unpaired) electrons. The third kappa shape index (κ3) is 3.80. The number of nitrogens with zero attached hydrogens (tertiary/aromatic N) is 2. The van der Waals surface area contributed by atoms with E-state index in [-0.39, 0.29) is 23.5 Å². The number of hydrogen-bond donors (Lipinski definition) is 2. The zero-order chi connectivity index (χ0) is 20.4. The van der Waals surface area contributed by atoms with E-state index in [1.54, 1.807) is 20.2 Å². The molecule has 6 nitrogen and oxygen atoms in total. The van der Waals surface area contributed by atoms with Gasteiger partial charge < -0.3 is 14.6 Å². The third-order valence-electron chi connectivity index (χ3n) is 4.81. The van der Waals surface area contributed by atoms with Gasteiger partial charge in [0.05, 0.1) is 24.3 Å². The van der Waals surface area contributed by atoms with Gasteiger partial charge in [0.2, 0.25) is 0 Å². The van der Waals surface area contributed by atoms with Crippen molar-refractivity contribution in [3.63, 3.8) is 0 Å². The van der Waals surface area contributed by atoms with E-state index in [9.17, 15) is 13.6 Å². The van der Waals surface area contributed by atoms with Crippen LogP contribution in [0.2, 0.25) is 0 Å². The minimum atomic E-state index is -2.76. The molecule has 150 valence electrons. The molecule has 0 aromatic carbocycles. The van der Waals surface area contributed by atoms with Gasteiger partial charge >= 0.3 is 5.97 Å². The quantitative estimate of drug-likeness (QED) is 0.640. The lowest BCUT2D eigenvalue weighted by molar-refractivity contribution is -0.145. The number of halogens is 3. The first-order chi connectivity index (χ1) is 13.3. The molecule has 1 aliphatic carbocycles. The Kier molecular flexibility index (Phi) is 6.12. The van der Waals surface area contributed by atoms with Crippen LogP contribution >= 0.6 is 15.9 Å². The molecule has 1 aromatic rings. The summed E-state index contributed by atoms with van der Waals surface area (Å²) >= 11 is 3.21. The highest BCUT2D eigenvalue weighted by Gasteiger charge is 2.31. The van der Waals surface area contributed by atoms with Gasteiger partial charge in [-0.3, -0.25) is 5.41 Å². The van der Waals surface area contributed by atoms with Gasteiger partial charge in [-0.2, -0.15) is 0 Å². The fourth-order valence-electron chi connectivity index (χ4n) is 3.32. The van der Waals surface area contributed by atoms with Crippen LogP contribution in [0.1, 0.15) is 37.7 Å². The Bertz CT molecular complexity index is 902. The van der Waals surface area contributed by atoms with Gasteiger partial charge in [0, 0.05) is 34.1 Å². The fourth-order valence-corrected chi connectivity index (χ4v) is 3.77. The average Bonchev–Trinajstić information content (AvgIpc) is 3.26. The molecule has 2 aliphatic rings. The van der Waals surface area contributed by atoms with Crippen molar-refractivity contribution in [2.24, 2.45) is 0 Å². The van der Waals surface area contributed by atoms with Crippen LogP contribution in [0.4, 0.5) is 8.78 Å². The smallest absolute Gasteiger partial charge is 0.334 e. The normalized spacial score (nSPS) is 19.1.